The molecule has 186 valence electrons. The van der Waals surface area contributed by atoms with Gasteiger partial charge < -0.3 is 20.2 Å². The lowest BCUT2D eigenvalue weighted by atomic mass is 10.00. The monoisotopic (exact) mass is 476 g/mol. The summed E-state index contributed by atoms with van der Waals surface area (Å²) in [7, 11) is 4.02. The highest BCUT2D eigenvalue weighted by Gasteiger charge is 2.22. The number of hydrogen-bond donors (Lipinski definition) is 2. The predicted molar refractivity (Wildman–Crippen MR) is 143 cm³/mol. The summed E-state index contributed by atoms with van der Waals surface area (Å²) >= 11 is 0. The number of aldehydes is 1. The number of rotatable bonds is 11. The molecule has 0 fully saturated rings. The van der Waals surface area contributed by atoms with Crippen molar-refractivity contribution in [3.05, 3.63) is 59.2 Å². The molecule has 35 heavy (non-hydrogen) atoms. The largest absolute Gasteiger partial charge is 0.396 e. The molecule has 1 aliphatic heterocycles. The maximum absolute atomic E-state index is 13.5. The standard InChI is InChI=1S/C28H36N4O3/c1-4-13-32(14-5-16-33)28(35)25-17-24-11-10-23(22-8-6-21(20-34)7-9-22)18-26(24)30-27(19-25)29-12-15-31(2)3/h6-11,17-18,20,33H,4-5,12-16,19H2,1-3H3,(H,29,30). The van der Waals surface area contributed by atoms with Crippen molar-refractivity contribution in [3.63, 3.8) is 0 Å². The molecule has 0 radical (unpaired) electrons. The number of aliphatic hydroxyl groups excluding tert-OH is 1. The summed E-state index contributed by atoms with van der Waals surface area (Å²) in [6.07, 6.45) is 4.63. The number of carbonyl (C=O) groups is 2. The molecule has 7 nitrogen and oxygen atoms in total. The Morgan fingerprint density at radius 2 is 1.83 bits per heavy atom. The summed E-state index contributed by atoms with van der Waals surface area (Å²) in [6, 6.07) is 13.6. The molecule has 3 rings (SSSR count). The smallest absolute Gasteiger partial charge is 0.250 e. The van der Waals surface area contributed by atoms with Crippen molar-refractivity contribution >= 4 is 29.8 Å². The molecule has 1 heterocycles. The number of likely N-dealkylation sites (N-methyl/N-ethyl adjacent to an activating group) is 1. The Labute approximate surface area is 208 Å². The van der Waals surface area contributed by atoms with Gasteiger partial charge in [-0.25, -0.2) is 0 Å². The van der Waals surface area contributed by atoms with Gasteiger partial charge in [0.05, 0.1) is 6.54 Å². The van der Waals surface area contributed by atoms with Gasteiger partial charge in [0.1, 0.15) is 12.1 Å². The number of amidine groups is 1. The molecule has 2 N–H and O–H groups in total. The Hall–Kier alpha value is -3.29. The van der Waals surface area contributed by atoms with Gasteiger partial charge in [0.2, 0.25) is 5.91 Å². The number of aliphatic imine (C=N–C) groups is 1. The van der Waals surface area contributed by atoms with Gasteiger partial charge in [-0.2, -0.15) is 0 Å². The summed E-state index contributed by atoms with van der Waals surface area (Å²) in [5.41, 5.74) is 5.17. The minimum atomic E-state index is -0.0104. The highest BCUT2D eigenvalue weighted by Crippen LogP contribution is 2.31. The lowest BCUT2D eigenvalue weighted by Crippen LogP contribution is -2.35. The molecule has 0 aromatic heterocycles. The molecule has 2 aromatic carbocycles. The van der Waals surface area contributed by atoms with Crippen LogP contribution in [0.15, 0.2) is 53.0 Å². The molecule has 0 aliphatic carbocycles. The van der Waals surface area contributed by atoms with E-state index in [0.29, 0.717) is 43.6 Å². The highest BCUT2D eigenvalue weighted by molar-refractivity contribution is 6.10. The van der Waals surface area contributed by atoms with Crippen molar-refractivity contribution < 1.29 is 14.7 Å². The van der Waals surface area contributed by atoms with Crippen LogP contribution in [0.5, 0.6) is 0 Å². The maximum Gasteiger partial charge on any atom is 0.250 e. The van der Waals surface area contributed by atoms with Crippen LogP contribution in [0.2, 0.25) is 0 Å². The van der Waals surface area contributed by atoms with Crippen LogP contribution in [0.25, 0.3) is 17.2 Å². The fraction of sp³-hybridized carbons (Fsp3) is 0.393. The molecule has 0 spiro atoms. The van der Waals surface area contributed by atoms with Crippen LogP contribution in [0, 0.1) is 0 Å². The van der Waals surface area contributed by atoms with E-state index in [-0.39, 0.29) is 12.5 Å². The molecule has 7 heteroatoms. The number of hydrogen-bond acceptors (Lipinski definition) is 5. The van der Waals surface area contributed by atoms with Crippen LogP contribution < -0.4 is 5.32 Å². The van der Waals surface area contributed by atoms with E-state index in [1.165, 1.54) is 0 Å². The first-order chi connectivity index (χ1) is 16.9. The number of fused-ring (bicyclic) bond motifs is 1. The van der Waals surface area contributed by atoms with Gasteiger partial charge in [0, 0.05) is 49.5 Å². The third-order valence-electron chi connectivity index (χ3n) is 5.89. The van der Waals surface area contributed by atoms with E-state index in [1.807, 2.05) is 49.3 Å². The molecular formula is C28H36N4O3. The second-order valence-electron chi connectivity index (χ2n) is 9.01. The van der Waals surface area contributed by atoms with Gasteiger partial charge in [-0.15, -0.1) is 0 Å². The zero-order valence-electron chi connectivity index (χ0n) is 21.0. The third-order valence-corrected chi connectivity index (χ3v) is 5.89. The Morgan fingerprint density at radius 3 is 2.49 bits per heavy atom. The van der Waals surface area contributed by atoms with Crippen molar-refractivity contribution in [1.82, 2.24) is 9.80 Å². The SMILES string of the molecule is CCCN(CCCO)C(=O)C1=Cc2ccc(-c3ccc(C=O)cc3)cc2NC(=NCCN(C)C)C1. The number of nitrogens with zero attached hydrogens (tertiary/aromatic N) is 3. The molecule has 0 bridgehead atoms. The zero-order chi connectivity index (χ0) is 25.2. The van der Waals surface area contributed by atoms with Crippen molar-refractivity contribution in [2.45, 2.75) is 26.2 Å². The molecule has 0 unspecified atom stereocenters. The van der Waals surface area contributed by atoms with E-state index >= 15 is 0 Å². The number of anilines is 1. The molecule has 1 aliphatic rings. The number of aliphatic hydroxyl groups is 1. The topological polar surface area (TPSA) is 85.2 Å². The van der Waals surface area contributed by atoms with Crippen molar-refractivity contribution in [2.75, 3.05) is 52.2 Å². The highest BCUT2D eigenvalue weighted by atomic mass is 16.3. The van der Waals surface area contributed by atoms with Gasteiger partial charge in [0.25, 0.3) is 0 Å². The minimum Gasteiger partial charge on any atom is -0.396 e. The molecular weight excluding hydrogens is 440 g/mol. The van der Waals surface area contributed by atoms with Crippen LogP contribution in [-0.2, 0) is 4.79 Å². The first kappa shape index (κ1) is 26.3. The third kappa shape index (κ3) is 7.34. The van der Waals surface area contributed by atoms with Crippen LogP contribution in [0.3, 0.4) is 0 Å². The van der Waals surface area contributed by atoms with Crippen molar-refractivity contribution in [3.8, 4) is 11.1 Å². The number of nitrogens with one attached hydrogen (secondary N) is 1. The second kappa shape index (κ2) is 13.0. The van der Waals surface area contributed by atoms with Gasteiger partial charge in [-0.3, -0.25) is 14.6 Å². The van der Waals surface area contributed by atoms with Gasteiger partial charge in [-0.05, 0) is 55.8 Å². The summed E-state index contributed by atoms with van der Waals surface area (Å²) in [6.45, 7) is 4.73. The minimum absolute atomic E-state index is 0.0104. The van der Waals surface area contributed by atoms with E-state index in [2.05, 4.69) is 23.2 Å². The Kier molecular flexibility index (Phi) is 9.76. The fourth-order valence-electron chi connectivity index (χ4n) is 4.01. The van der Waals surface area contributed by atoms with E-state index in [1.54, 1.807) is 12.1 Å². The van der Waals surface area contributed by atoms with Crippen LogP contribution in [0.4, 0.5) is 5.69 Å². The zero-order valence-corrected chi connectivity index (χ0v) is 21.0. The lowest BCUT2D eigenvalue weighted by Gasteiger charge is -2.23. The van der Waals surface area contributed by atoms with E-state index in [9.17, 15) is 14.7 Å². The summed E-state index contributed by atoms with van der Waals surface area (Å²) < 4.78 is 0. The maximum atomic E-state index is 13.5. The summed E-state index contributed by atoms with van der Waals surface area (Å²) in [5.74, 6) is 0.751. The van der Waals surface area contributed by atoms with Gasteiger partial charge in [0.15, 0.2) is 0 Å². The van der Waals surface area contributed by atoms with Crippen LogP contribution >= 0.6 is 0 Å². The Balaban J connectivity index is 1.98. The van der Waals surface area contributed by atoms with Crippen molar-refractivity contribution in [1.29, 1.82) is 0 Å². The lowest BCUT2D eigenvalue weighted by molar-refractivity contribution is -0.127. The van der Waals surface area contributed by atoms with Gasteiger partial charge >= 0.3 is 0 Å². The first-order valence-corrected chi connectivity index (χ1v) is 12.2. The summed E-state index contributed by atoms with van der Waals surface area (Å²) in [4.78, 5) is 33.2. The number of amides is 1. The van der Waals surface area contributed by atoms with Gasteiger partial charge in [-0.1, -0.05) is 43.3 Å². The average Bonchev–Trinajstić information content (AvgIpc) is 3.04. The fourth-order valence-corrected chi connectivity index (χ4v) is 4.01. The van der Waals surface area contributed by atoms with E-state index < -0.39 is 0 Å². The number of carbonyl (C=O) groups excluding carboxylic acids is 2. The molecule has 2 aromatic rings. The molecule has 0 atom stereocenters. The Bertz CT molecular complexity index is 1070. The molecule has 0 saturated heterocycles. The predicted octanol–water partition coefficient (Wildman–Crippen LogP) is 3.95. The number of benzene rings is 2. The Morgan fingerprint density at radius 1 is 1.09 bits per heavy atom. The normalized spacial score (nSPS) is 14.2. The second-order valence-corrected chi connectivity index (χ2v) is 9.01. The quantitative estimate of drug-likeness (QED) is 0.480. The molecule has 1 amide bonds. The van der Waals surface area contributed by atoms with Crippen LogP contribution in [0.1, 0.15) is 42.1 Å². The molecule has 0 saturated carbocycles. The average molecular weight is 477 g/mol. The van der Waals surface area contributed by atoms with Crippen molar-refractivity contribution in [2.24, 2.45) is 4.99 Å². The van der Waals surface area contributed by atoms with E-state index in [4.69, 9.17) is 4.99 Å². The van der Waals surface area contributed by atoms with Crippen LogP contribution in [-0.4, -0.2) is 79.8 Å². The first-order valence-electron chi connectivity index (χ1n) is 12.2. The van der Waals surface area contributed by atoms with E-state index in [0.717, 1.165) is 47.5 Å². The summed E-state index contributed by atoms with van der Waals surface area (Å²) in [5, 5.41) is 12.8.